The Morgan fingerprint density at radius 3 is 2.57 bits per heavy atom. The van der Waals surface area contributed by atoms with Crippen LogP contribution in [0.4, 0.5) is 5.69 Å². The molecule has 0 saturated heterocycles. The molecule has 0 heterocycles. The molecule has 0 aliphatic heterocycles. The van der Waals surface area contributed by atoms with E-state index >= 15 is 0 Å². The van der Waals surface area contributed by atoms with Gasteiger partial charge in [0, 0.05) is 0 Å². The minimum atomic E-state index is -0.690. The van der Waals surface area contributed by atoms with Crippen molar-refractivity contribution in [3.05, 3.63) is 58.6 Å². The zero-order valence-electron chi connectivity index (χ0n) is 11.6. The molecule has 4 nitrogen and oxygen atoms in total. The van der Waals surface area contributed by atoms with Gasteiger partial charge in [-0.1, -0.05) is 35.9 Å². The van der Waals surface area contributed by atoms with Gasteiger partial charge in [0.05, 0.1) is 16.8 Å². The zero-order valence-corrected chi connectivity index (χ0v) is 12.4. The van der Waals surface area contributed by atoms with Gasteiger partial charge in [0.2, 0.25) is 5.91 Å². The fourth-order valence-corrected chi connectivity index (χ4v) is 2.25. The second kappa shape index (κ2) is 6.61. The summed E-state index contributed by atoms with van der Waals surface area (Å²) < 4.78 is 0. The molecule has 0 saturated carbocycles. The van der Waals surface area contributed by atoms with Gasteiger partial charge in [-0.25, -0.2) is 0 Å². The second-order valence-corrected chi connectivity index (χ2v) is 5.31. The number of aromatic hydroxyl groups is 1. The van der Waals surface area contributed by atoms with Crippen LogP contribution in [0.25, 0.3) is 0 Å². The van der Waals surface area contributed by atoms with E-state index in [1.807, 2.05) is 19.1 Å². The number of rotatable bonds is 4. The lowest BCUT2D eigenvalue weighted by molar-refractivity contribution is -0.117. The monoisotopic (exact) mass is 304 g/mol. The Bertz CT molecular complexity index is 621. The van der Waals surface area contributed by atoms with Crippen molar-refractivity contribution in [2.75, 3.05) is 5.32 Å². The van der Waals surface area contributed by atoms with Crippen molar-refractivity contribution in [2.24, 2.45) is 5.73 Å². The lowest BCUT2D eigenvalue weighted by atomic mass is 10.1. The smallest absolute Gasteiger partial charge is 0.241 e. The van der Waals surface area contributed by atoms with Gasteiger partial charge < -0.3 is 16.2 Å². The predicted molar refractivity (Wildman–Crippen MR) is 84.6 cm³/mol. The summed E-state index contributed by atoms with van der Waals surface area (Å²) in [5.41, 5.74) is 8.27. The number of phenols is 1. The van der Waals surface area contributed by atoms with Crippen LogP contribution < -0.4 is 11.1 Å². The Labute approximate surface area is 128 Å². The van der Waals surface area contributed by atoms with Crippen LogP contribution in [-0.4, -0.2) is 17.1 Å². The largest absolute Gasteiger partial charge is 0.508 e. The van der Waals surface area contributed by atoms with E-state index in [0.717, 1.165) is 11.1 Å². The molecule has 0 spiro atoms. The molecule has 2 rings (SSSR count). The first-order valence-corrected chi connectivity index (χ1v) is 6.94. The van der Waals surface area contributed by atoms with Crippen molar-refractivity contribution in [3.63, 3.8) is 0 Å². The van der Waals surface area contributed by atoms with Crippen LogP contribution in [-0.2, 0) is 11.2 Å². The first-order valence-electron chi connectivity index (χ1n) is 6.57. The van der Waals surface area contributed by atoms with E-state index in [1.165, 1.54) is 0 Å². The number of carbonyl (C=O) groups excluding carboxylic acids is 1. The number of hydrogen-bond donors (Lipinski definition) is 3. The molecule has 110 valence electrons. The quantitative estimate of drug-likeness (QED) is 0.813. The molecule has 0 radical (unpaired) electrons. The van der Waals surface area contributed by atoms with E-state index in [2.05, 4.69) is 5.32 Å². The van der Waals surface area contributed by atoms with Crippen LogP contribution in [0.2, 0.25) is 5.02 Å². The molecular formula is C16H17ClN2O2. The third-order valence-electron chi connectivity index (χ3n) is 3.20. The van der Waals surface area contributed by atoms with E-state index in [-0.39, 0.29) is 11.7 Å². The summed E-state index contributed by atoms with van der Waals surface area (Å²) in [7, 11) is 0. The van der Waals surface area contributed by atoms with E-state index in [9.17, 15) is 9.90 Å². The Balaban J connectivity index is 2.04. The third-order valence-corrected chi connectivity index (χ3v) is 3.51. The molecule has 0 bridgehead atoms. The van der Waals surface area contributed by atoms with Crippen LogP contribution >= 0.6 is 11.6 Å². The first-order chi connectivity index (χ1) is 9.97. The van der Waals surface area contributed by atoms with Gasteiger partial charge in [0.25, 0.3) is 0 Å². The molecular weight excluding hydrogens is 288 g/mol. The number of para-hydroxylation sites is 1. The van der Waals surface area contributed by atoms with E-state index in [4.69, 9.17) is 17.3 Å². The number of nitrogens with two attached hydrogens (primary N) is 1. The SMILES string of the molecule is Cc1cccc(Cl)c1NC(=O)[C@@H](N)Cc1ccc(O)cc1. The van der Waals surface area contributed by atoms with Crippen LogP contribution in [0.3, 0.4) is 0 Å². The molecule has 0 fully saturated rings. The normalized spacial score (nSPS) is 12.0. The zero-order chi connectivity index (χ0) is 15.4. The first kappa shape index (κ1) is 15.4. The fraction of sp³-hybridized carbons (Fsp3) is 0.188. The highest BCUT2D eigenvalue weighted by atomic mass is 35.5. The molecule has 21 heavy (non-hydrogen) atoms. The maximum atomic E-state index is 12.1. The number of aryl methyl sites for hydroxylation is 1. The van der Waals surface area contributed by atoms with Gasteiger partial charge in [0.1, 0.15) is 5.75 Å². The summed E-state index contributed by atoms with van der Waals surface area (Å²) in [6.45, 7) is 1.87. The Kier molecular flexibility index (Phi) is 4.83. The number of carbonyl (C=O) groups is 1. The summed E-state index contributed by atoms with van der Waals surface area (Å²) in [5.74, 6) is -0.109. The van der Waals surface area contributed by atoms with Crippen molar-refractivity contribution < 1.29 is 9.90 Å². The Morgan fingerprint density at radius 2 is 1.95 bits per heavy atom. The minimum Gasteiger partial charge on any atom is -0.508 e. The Morgan fingerprint density at radius 1 is 1.29 bits per heavy atom. The topological polar surface area (TPSA) is 75.4 Å². The molecule has 0 unspecified atom stereocenters. The van der Waals surface area contributed by atoms with Crippen molar-refractivity contribution in [1.82, 2.24) is 0 Å². The lowest BCUT2D eigenvalue weighted by Crippen LogP contribution is -2.37. The van der Waals surface area contributed by atoms with Gasteiger partial charge in [-0.2, -0.15) is 0 Å². The van der Waals surface area contributed by atoms with Crippen molar-refractivity contribution in [3.8, 4) is 5.75 Å². The van der Waals surface area contributed by atoms with E-state index in [1.54, 1.807) is 30.3 Å². The molecule has 4 N–H and O–H groups in total. The average Bonchev–Trinajstić information content (AvgIpc) is 2.45. The fourth-order valence-electron chi connectivity index (χ4n) is 1.98. The molecule has 5 heteroatoms. The van der Waals surface area contributed by atoms with Crippen LogP contribution in [0.1, 0.15) is 11.1 Å². The van der Waals surface area contributed by atoms with Crippen molar-refractivity contribution in [1.29, 1.82) is 0 Å². The number of anilines is 1. The van der Waals surface area contributed by atoms with Crippen molar-refractivity contribution >= 4 is 23.2 Å². The van der Waals surface area contributed by atoms with Crippen LogP contribution in [0, 0.1) is 6.92 Å². The van der Waals surface area contributed by atoms with Gasteiger partial charge in [-0.3, -0.25) is 4.79 Å². The van der Waals surface area contributed by atoms with Crippen LogP contribution in [0.5, 0.6) is 5.75 Å². The predicted octanol–water partition coefficient (Wildman–Crippen LogP) is 2.86. The number of hydrogen-bond acceptors (Lipinski definition) is 3. The second-order valence-electron chi connectivity index (χ2n) is 4.90. The third kappa shape index (κ3) is 3.97. The molecule has 2 aromatic rings. The molecule has 0 aromatic heterocycles. The molecule has 1 atom stereocenters. The number of phenolic OH excluding ortho intramolecular Hbond substituents is 1. The highest BCUT2D eigenvalue weighted by Gasteiger charge is 2.16. The maximum absolute atomic E-state index is 12.1. The number of nitrogens with one attached hydrogen (secondary N) is 1. The van der Waals surface area contributed by atoms with Crippen molar-refractivity contribution in [2.45, 2.75) is 19.4 Å². The summed E-state index contributed by atoms with van der Waals surface area (Å²) in [4.78, 5) is 12.1. The average molecular weight is 305 g/mol. The van der Waals surface area contributed by atoms with Crippen LogP contribution in [0.15, 0.2) is 42.5 Å². The van der Waals surface area contributed by atoms with E-state index < -0.39 is 6.04 Å². The molecule has 2 aromatic carbocycles. The molecule has 0 aliphatic carbocycles. The molecule has 1 amide bonds. The maximum Gasteiger partial charge on any atom is 0.241 e. The summed E-state index contributed by atoms with van der Waals surface area (Å²) in [6, 6.07) is 11.3. The van der Waals surface area contributed by atoms with Gasteiger partial charge in [-0.15, -0.1) is 0 Å². The number of benzene rings is 2. The van der Waals surface area contributed by atoms with E-state index in [0.29, 0.717) is 17.1 Å². The minimum absolute atomic E-state index is 0.184. The highest BCUT2D eigenvalue weighted by molar-refractivity contribution is 6.34. The number of amides is 1. The molecule has 0 aliphatic rings. The number of halogens is 1. The summed E-state index contributed by atoms with van der Waals surface area (Å²) in [5, 5.41) is 12.5. The standard InChI is InChI=1S/C16H17ClN2O2/c1-10-3-2-4-13(17)15(10)19-16(21)14(18)9-11-5-7-12(20)8-6-11/h2-8,14,20H,9,18H2,1H3,(H,19,21)/t14-/m0/s1. The van der Waals surface area contributed by atoms with Gasteiger partial charge >= 0.3 is 0 Å². The summed E-state index contributed by atoms with van der Waals surface area (Å²) in [6.07, 6.45) is 0.385. The lowest BCUT2D eigenvalue weighted by Gasteiger charge is -2.15. The summed E-state index contributed by atoms with van der Waals surface area (Å²) >= 11 is 6.07. The van der Waals surface area contributed by atoms with Gasteiger partial charge in [0.15, 0.2) is 0 Å². The van der Waals surface area contributed by atoms with Gasteiger partial charge in [-0.05, 0) is 42.7 Å². The highest BCUT2D eigenvalue weighted by Crippen LogP contribution is 2.25. The Hall–Kier alpha value is -2.04.